The van der Waals surface area contributed by atoms with Crippen molar-refractivity contribution in [3.8, 4) is 0 Å². The van der Waals surface area contributed by atoms with Gasteiger partial charge < -0.3 is 0 Å². The van der Waals surface area contributed by atoms with E-state index in [2.05, 4.69) is 14.9 Å². The minimum Gasteiger partial charge on any atom is -0.283 e. The van der Waals surface area contributed by atoms with E-state index in [-0.39, 0.29) is 6.54 Å². The van der Waals surface area contributed by atoms with Crippen LogP contribution < -0.4 is 4.72 Å². The summed E-state index contributed by atoms with van der Waals surface area (Å²) in [4.78, 5) is -0.432. The molecule has 2 rings (SSSR count). The fraction of sp³-hybridized carbons (Fsp3) is 0.250. The quantitative estimate of drug-likeness (QED) is 0.907. The third kappa shape index (κ3) is 3.61. The molecule has 21 heavy (non-hydrogen) atoms. The minimum atomic E-state index is -4.59. The number of halogens is 3. The summed E-state index contributed by atoms with van der Waals surface area (Å²) in [6, 6.07) is 3.59. The average molecular weight is 319 g/mol. The number of sulfonamides is 1. The number of aromatic amines is 1. The second kappa shape index (κ2) is 5.49. The minimum absolute atomic E-state index is 0.0547. The summed E-state index contributed by atoms with van der Waals surface area (Å²) in [7, 11) is -4.03. The lowest BCUT2D eigenvalue weighted by atomic mass is 10.2. The molecule has 114 valence electrons. The molecule has 9 heteroatoms. The molecule has 0 spiro atoms. The molecule has 1 aromatic carbocycles. The first-order chi connectivity index (χ1) is 9.70. The van der Waals surface area contributed by atoms with Gasteiger partial charge in [0.15, 0.2) is 0 Å². The van der Waals surface area contributed by atoms with E-state index in [1.54, 1.807) is 6.92 Å². The van der Waals surface area contributed by atoms with Gasteiger partial charge in [-0.1, -0.05) is 6.07 Å². The number of hydrogen-bond donors (Lipinski definition) is 2. The fourth-order valence-electron chi connectivity index (χ4n) is 1.65. The van der Waals surface area contributed by atoms with Crippen molar-refractivity contribution in [3.05, 3.63) is 47.3 Å². The average Bonchev–Trinajstić information content (AvgIpc) is 2.81. The molecule has 0 saturated carbocycles. The number of rotatable bonds is 4. The Kier molecular flexibility index (Phi) is 4.06. The molecule has 0 fully saturated rings. The molecule has 1 heterocycles. The number of hydrogen-bond acceptors (Lipinski definition) is 3. The van der Waals surface area contributed by atoms with Crippen molar-refractivity contribution in [2.24, 2.45) is 0 Å². The molecule has 0 bridgehead atoms. The number of alkyl halides is 3. The maximum atomic E-state index is 12.6. The van der Waals surface area contributed by atoms with Crippen LogP contribution in [0.3, 0.4) is 0 Å². The molecular weight excluding hydrogens is 307 g/mol. The fourth-order valence-corrected chi connectivity index (χ4v) is 2.70. The molecular formula is C12H12F3N3O2S. The summed E-state index contributed by atoms with van der Waals surface area (Å²) >= 11 is 0. The van der Waals surface area contributed by atoms with Gasteiger partial charge in [-0.3, -0.25) is 5.10 Å². The highest BCUT2D eigenvalue weighted by Gasteiger charge is 2.31. The molecule has 0 aliphatic heterocycles. The SMILES string of the molecule is Cc1[nH]ncc1CNS(=O)(=O)c1cccc(C(F)(F)F)c1. The highest BCUT2D eigenvalue weighted by atomic mass is 32.2. The highest BCUT2D eigenvalue weighted by Crippen LogP contribution is 2.30. The first-order valence-electron chi connectivity index (χ1n) is 5.86. The van der Waals surface area contributed by atoms with Crippen LogP contribution in [0.2, 0.25) is 0 Å². The van der Waals surface area contributed by atoms with E-state index < -0.39 is 26.7 Å². The normalized spacial score (nSPS) is 12.6. The molecule has 0 radical (unpaired) electrons. The summed E-state index contributed by atoms with van der Waals surface area (Å²) in [6.07, 6.45) is -3.14. The van der Waals surface area contributed by atoms with Gasteiger partial charge in [0.1, 0.15) is 0 Å². The second-order valence-corrected chi connectivity index (χ2v) is 6.14. The standard InChI is InChI=1S/C12H12F3N3O2S/c1-8-9(6-16-18-8)7-17-21(19,20)11-4-2-3-10(5-11)12(13,14)15/h2-6,17H,7H2,1H3,(H,16,18). The lowest BCUT2D eigenvalue weighted by Gasteiger charge is -2.10. The Hall–Kier alpha value is -1.87. The number of H-pyrrole nitrogens is 1. The van der Waals surface area contributed by atoms with Crippen molar-refractivity contribution in [1.29, 1.82) is 0 Å². The van der Waals surface area contributed by atoms with Crippen molar-refractivity contribution >= 4 is 10.0 Å². The lowest BCUT2D eigenvalue weighted by Crippen LogP contribution is -2.23. The monoisotopic (exact) mass is 319 g/mol. The Morgan fingerprint density at radius 3 is 2.62 bits per heavy atom. The van der Waals surface area contributed by atoms with E-state index in [9.17, 15) is 21.6 Å². The Balaban J connectivity index is 2.22. The van der Waals surface area contributed by atoms with Gasteiger partial charge in [0.25, 0.3) is 0 Å². The van der Waals surface area contributed by atoms with E-state index in [0.29, 0.717) is 17.3 Å². The first-order valence-corrected chi connectivity index (χ1v) is 7.34. The molecule has 0 atom stereocenters. The van der Waals surface area contributed by atoms with E-state index in [4.69, 9.17) is 0 Å². The van der Waals surface area contributed by atoms with Gasteiger partial charge in [-0.05, 0) is 25.1 Å². The number of aryl methyl sites for hydroxylation is 1. The third-order valence-electron chi connectivity index (χ3n) is 2.86. The number of nitrogens with zero attached hydrogens (tertiary/aromatic N) is 1. The van der Waals surface area contributed by atoms with Crippen LogP contribution in [0.1, 0.15) is 16.8 Å². The summed E-state index contributed by atoms with van der Waals surface area (Å²) < 4.78 is 64.0. The summed E-state index contributed by atoms with van der Waals surface area (Å²) in [5, 5.41) is 6.37. The predicted octanol–water partition coefficient (Wildman–Crippen LogP) is 2.22. The first kappa shape index (κ1) is 15.5. The van der Waals surface area contributed by atoms with Gasteiger partial charge in [0.2, 0.25) is 10.0 Å². The van der Waals surface area contributed by atoms with Gasteiger partial charge >= 0.3 is 6.18 Å². The van der Waals surface area contributed by atoms with Gasteiger partial charge in [-0.15, -0.1) is 0 Å². The maximum Gasteiger partial charge on any atom is 0.416 e. The molecule has 0 amide bonds. The second-order valence-electron chi connectivity index (χ2n) is 4.37. The van der Waals surface area contributed by atoms with Gasteiger partial charge in [0.05, 0.1) is 16.7 Å². The van der Waals surface area contributed by atoms with Crippen molar-refractivity contribution < 1.29 is 21.6 Å². The summed E-state index contributed by atoms with van der Waals surface area (Å²) in [6.45, 7) is 1.65. The lowest BCUT2D eigenvalue weighted by molar-refractivity contribution is -0.137. The molecule has 5 nitrogen and oxygen atoms in total. The number of aromatic nitrogens is 2. The highest BCUT2D eigenvalue weighted by molar-refractivity contribution is 7.89. The molecule has 0 aliphatic carbocycles. The van der Waals surface area contributed by atoms with Crippen LogP contribution in [-0.2, 0) is 22.7 Å². The topological polar surface area (TPSA) is 74.8 Å². The molecule has 2 N–H and O–H groups in total. The van der Waals surface area contributed by atoms with Crippen LogP contribution in [0.4, 0.5) is 13.2 Å². The van der Waals surface area contributed by atoms with Crippen LogP contribution in [0.15, 0.2) is 35.4 Å². The summed E-state index contributed by atoms with van der Waals surface area (Å²) in [5.41, 5.74) is 0.289. The Morgan fingerprint density at radius 2 is 2.05 bits per heavy atom. The van der Waals surface area contributed by atoms with Crippen LogP contribution >= 0.6 is 0 Å². The molecule has 0 saturated heterocycles. The molecule has 2 aromatic rings. The largest absolute Gasteiger partial charge is 0.416 e. The van der Waals surface area contributed by atoms with Gasteiger partial charge in [-0.2, -0.15) is 18.3 Å². The van der Waals surface area contributed by atoms with Crippen LogP contribution in [0, 0.1) is 6.92 Å². The predicted molar refractivity (Wildman–Crippen MR) is 68.8 cm³/mol. The van der Waals surface area contributed by atoms with E-state index >= 15 is 0 Å². The molecule has 0 aliphatic rings. The maximum absolute atomic E-state index is 12.6. The van der Waals surface area contributed by atoms with Crippen molar-refractivity contribution in [3.63, 3.8) is 0 Å². The van der Waals surface area contributed by atoms with Crippen molar-refractivity contribution in [1.82, 2.24) is 14.9 Å². The zero-order chi connectivity index (χ0) is 15.7. The van der Waals surface area contributed by atoms with Crippen molar-refractivity contribution in [2.45, 2.75) is 24.5 Å². The Morgan fingerprint density at radius 1 is 1.33 bits per heavy atom. The molecule has 1 aromatic heterocycles. The van der Waals surface area contributed by atoms with Gasteiger partial charge in [0, 0.05) is 17.8 Å². The van der Waals surface area contributed by atoms with Crippen LogP contribution in [-0.4, -0.2) is 18.6 Å². The third-order valence-corrected chi connectivity index (χ3v) is 4.26. The van der Waals surface area contributed by atoms with Crippen LogP contribution in [0.5, 0.6) is 0 Å². The van der Waals surface area contributed by atoms with E-state index in [1.165, 1.54) is 6.20 Å². The number of nitrogens with one attached hydrogen (secondary N) is 2. The zero-order valence-electron chi connectivity index (χ0n) is 10.9. The van der Waals surface area contributed by atoms with E-state index in [1.807, 2.05) is 0 Å². The van der Waals surface area contributed by atoms with E-state index in [0.717, 1.165) is 18.2 Å². The number of benzene rings is 1. The molecule has 0 unspecified atom stereocenters. The smallest absolute Gasteiger partial charge is 0.283 e. The zero-order valence-corrected chi connectivity index (χ0v) is 11.7. The van der Waals surface area contributed by atoms with Gasteiger partial charge in [-0.25, -0.2) is 13.1 Å². The Labute approximate surface area is 119 Å². The van der Waals surface area contributed by atoms with Crippen LogP contribution in [0.25, 0.3) is 0 Å². The summed E-state index contributed by atoms with van der Waals surface area (Å²) in [5.74, 6) is 0. The Bertz CT molecular complexity index is 738. The van der Waals surface area contributed by atoms with Crippen molar-refractivity contribution in [2.75, 3.05) is 0 Å².